The molecule has 0 spiro atoms. The predicted molar refractivity (Wildman–Crippen MR) is 134 cm³/mol. The first-order valence-electron chi connectivity index (χ1n) is 10.3. The molecule has 1 amide bonds. The fraction of sp³-hybridized carbons (Fsp3) is 0.227. The molecule has 3 aromatic rings. The topological polar surface area (TPSA) is 157 Å². The number of amides is 1. The average Bonchev–Trinajstić information content (AvgIpc) is 2.81. The molecule has 0 saturated heterocycles. The maximum atomic E-state index is 12.7. The van der Waals surface area contributed by atoms with Crippen LogP contribution in [-0.2, 0) is 24.8 Å². The van der Waals surface area contributed by atoms with Crippen molar-refractivity contribution in [1.29, 1.82) is 0 Å². The van der Waals surface area contributed by atoms with E-state index < -0.39 is 32.5 Å². The van der Waals surface area contributed by atoms with Crippen LogP contribution >= 0.6 is 0 Å². The first-order valence-corrected chi connectivity index (χ1v) is 13.7. The number of rotatable bonds is 10. The third-order valence-corrected chi connectivity index (χ3v) is 7.30. The van der Waals surface area contributed by atoms with Gasteiger partial charge in [0, 0.05) is 23.6 Å². The Morgan fingerprint density at radius 2 is 1.64 bits per heavy atom. The number of ether oxygens (including phenoxy) is 2. The summed E-state index contributed by atoms with van der Waals surface area (Å²) in [7, 11) is -4.94. The highest BCUT2D eigenvalue weighted by atomic mass is 32.2. The molecule has 1 aromatic heterocycles. The summed E-state index contributed by atoms with van der Waals surface area (Å²) < 4.78 is 63.5. The third-order valence-electron chi connectivity index (χ3n) is 4.81. The molecule has 3 rings (SSSR count). The Morgan fingerprint density at radius 3 is 2.22 bits per heavy atom. The Kier molecular flexibility index (Phi) is 8.00. The van der Waals surface area contributed by atoms with Gasteiger partial charge in [-0.2, -0.15) is 0 Å². The smallest absolute Gasteiger partial charge is 0.264 e. The minimum absolute atomic E-state index is 0.0663. The third kappa shape index (κ3) is 6.60. The number of aromatic nitrogens is 2. The number of methoxy groups -OCH3 is 2. The van der Waals surface area contributed by atoms with Gasteiger partial charge in [-0.1, -0.05) is 0 Å². The Morgan fingerprint density at radius 1 is 0.972 bits per heavy atom. The van der Waals surface area contributed by atoms with Gasteiger partial charge < -0.3 is 14.8 Å². The maximum Gasteiger partial charge on any atom is 0.264 e. The van der Waals surface area contributed by atoms with E-state index in [9.17, 15) is 21.6 Å². The van der Waals surface area contributed by atoms with E-state index >= 15 is 0 Å². The molecule has 1 heterocycles. The summed E-state index contributed by atoms with van der Waals surface area (Å²) in [5, 5.41) is 2.56. The van der Waals surface area contributed by atoms with Gasteiger partial charge in [0.25, 0.3) is 10.0 Å². The second-order valence-electron chi connectivity index (χ2n) is 7.51. The van der Waals surface area contributed by atoms with Gasteiger partial charge in [-0.3, -0.25) is 9.10 Å². The molecule has 2 N–H and O–H groups in total. The van der Waals surface area contributed by atoms with Crippen LogP contribution in [0.2, 0.25) is 0 Å². The zero-order valence-corrected chi connectivity index (χ0v) is 21.6. The van der Waals surface area contributed by atoms with E-state index in [0.717, 1.165) is 10.6 Å². The van der Waals surface area contributed by atoms with E-state index in [0.29, 0.717) is 17.2 Å². The molecule has 0 aliphatic heterocycles. The average molecular weight is 536 g/mol. The lowest BCUT2D eigenvalue weighted by atomic mass is 10.2. The summed E-state index contributed by atoms with van der Waals surface area (Å²) in [6.07, 6.45) is 2.40. The number of hydrogen-bond acceptors (Lipinski definition) is 9. The summed E-state index contributed by atoms with van der Waals surface area (Å²) in [6, 6.07) is 11.4. The van der Waals surface area contributed by atoms with Gasteiger partial charge in [-0.05, 0) is 49.4 Å². The number of anilines is 3. The molecule has 12 nitrogen and oxygen atoms in total. The van der Waals surface area contributed by atoms with Gasteiger partial charge in [0.15, 0.2) is 11.5 Å². The molecule has 0 radical (unpaired) electrons. The molecule has 14 heteroatoms. The Hall–Kier alpha value is -3.91. The number of hydrogen-bond donors (Lipinski definition) is 2. The summed E-state index contributed by atoms with van der Waals surface area (Å²) in [4.78, 5) is 20.5. The Balaban J connectivity index is 1.74. The summed E-state index contributed by atoms with van der Waals surface area (Å²) in [6.45, 7) is 1.17. The monoisotopic (exact) mass is 535 g/mol. The second-order valence-corrected chi connectivity index (χ2v) is 11.1. The molecule has 0 aliphatic rings. The number of nitrogens with one attached hydrogen (secondary N) is 2. The Bertz CT molecular complexity index is 1460. The van der Waals surface area contributed by atoms with Gasteiger partial charge >= 0.3 is 0 Å². The number of sulfonamides is 2. The van der Waals surface area contributed by atoms with Crippen LogP contribution in [0.4, 0.5) is 17.3 Å². The largest absolute Gasteiger partial charge is 0.493 e. The number of benzene rings is 2. The number of carbonyl (C=O) groups is 1. The molecule has 0 fully saturated rings. The van der Waals surface area contributed by atoms with Gasteiger partial charge in [-0.15, -0.1) is 0 Å². The highest BCUT2D eigenvalue weighted by Gasteiger charge is 2.23. The van der Waals surface area contributed by atoms with E-state index in [4.69, 9.17) is 9.47 Å². The first kappa shape index (κ1) is 26.7. The van der Waals surface area contributed by atoms with Crippen LogP contribution < -0.4 is 23.8 Å². The van der Waals surface area contributed by atoms with Crippen molar-refractivity contribution in [2.24, 2.45) is 0 Å². The van der Waals surface area contributed by atoms with Gasteiger partial charge in [0.05, 0.1) is 31.1 Å². The van der Waals surface area contributed by atoms with E-state index in [-0.39, 0.29) is 22.2 Å². The van der Waals surface area contributed by atoms with Crippen molar-refractivity contribution in [3.05, 3.63) is 60.4 Å². The standard InChI is InChI=1S/C22H25N5O7S2/c1-15-11-12-23-22(24-15)26-36(31,32)18-8-5-16(6-9-18)25-21(28)14-27(35(4,29)30)17-7-10-19(33-2)20(13-17)34-3/h5-13H,14H2,1-4H3,(H,25,28)(H,23,24,26). The van der Waals surface area contributed by atoms with Crippen LogP contribution in [0.15, 0.2) is 59.6 Å². The highest BCUT2D eigenvalue weighted by Crippen LogP contribution is 2.32. The van der Waals surface area contributed by atoms with Gasteiger partial charge in [0.1, 0.15) is 6.54 Å². The van der Waals surface area contributed by atoms with Crippen molar-refractivity contribution in [3.63, 3.8) is 0 Å². The minimum atomic E-state index is -3.96. The molecule has 0 bridgehead atoms. The molecular formula is C22H25N5O7S2. The number of nitrogens with zero attached hydrogens (tertiary/aromatic N) is 3. The van der Waals surface area contributed by atoms with Crippen LogP contribution in [0.3, 0.4) is 0 Å². The van der Waals surface area contributed by atoms with Crippen LogP contribution in [-0.4, -0.2) is 59.7 Å². The van der Waals surface area contributed by atoms with Crippen molar-refractivity contribution in [1.82, 2.24) is 9.97 Å². The van der Waals surface area contributed by atoms with Crippen molar-refractivity contribution in [3.8, 4) is 11.5 Å². The summed E-state index contributed by atoms with van der Waals surface area (Å²) in [5.41, 5.74) is 1.07. The van der Waals surface area contributed by atoms with Crippen molar-refractivity contribution >= 4 is 43.3 Å². The lowest BCUT2D eigenvalue weighted by Gasteiger charge is -2.23. The van der Waals surface area contributed by atoms with E-state index in [2.05, 4.69) is 20.0 Å². The van der Waals surface area contributed by atoms with Crippen LogP contribution in [0.25, 0.3) is 0 Å². The highest BCUT2D eigenvalue weighted by molar-refractivity contribution is 7.92. The molecule has 0 atom stereocenters. The van der Waals surface area contributed by atoms with E-state index in [1.54, 1.807) is 13.0 Å². The quantitative estimate of drug-likeness (QED) is 0.396. The summed E-state index contributed by atoms with van der Waals surface area (Å²) >= 11 is 0. The normalized spacial score (nSPS) is 11.4. The molecule has 2 aromatic carbocycles. The van der Waals surface area contributed by atoms with Crippen molar-refractivity contribution in [2.75, 3.05) is 41.4 Å². The fourth-order valence-corrected chi connectivity index (χ4v) is 4.90. The van der Waals surface area contributed by atoms with E-state index in [1.165, 1.54) is 62.9 Å². The first-order chi connectivity index (χ1) is 16.9. The van der Waals surface area contributed by atoms with Crippen molar-refractivity contribution < 1.29 is 31.1 Å². The maximum absolute atomic E-state index is 12.7. The van der Waals surface area contributed by atoms with E-state index in [1.807, 2.05) is 0 Å². The molecule has 0 aliphatic carbocycles. The van der Waals surface area contributed by atoms with Gasteiger partial charge in [0.2, 0.25) is 21.9 Å². The zero-order chi connectivity index (χ0) is 26.5. The molecule has 192 valence electrons. The molecule has 0 saturated carbocycles. The number of carbonyl (C=O) groups excluding carboxylic acids is 1. The van der Waals surface area contributed by atoms with Crippen LogP contribution in [0, 0.1) is 6.92 Å². The summed E-state index contributed by atoms with van der Waals surface area (Å²) in [5.74, 6) is -0.0105. The lowest BCUT2D eigenvalue weighted by Crippen LogP contribution is -2.37. The molecular weight excluding hydrogens is 510 g/mol. The van der Waals surface area contributed by atoms with Crippen LogP contribution in [0.5, 0.6) is 11.5 Å². The lowest BCUT2D eigenvalue weighted by molar-refractivity contribution is -0.114. The molecule has 0 unspecified atom stereocenters. The SMILES string of the molecule is COc1ccc(N(CC(=O)Nc2ccc(S(=O)(=O)Nc3nccc(C)n3)cc2)S(C)(=O)=O)cc1OC. The fourth-order valence-electron chi connectivity index (χ4n) is 3.11. The predicted octanol–water partition coefficient (Wildman–Crippen LogP) is 2.01. The van der Waals surface area contributed by atoms with Crippen LogP contribution in [0.1, 0.15) is 5.69 Å². The van der Waals surface area contributed by atoms with Gasteiger partial charge in [-0.25, -0.2) is 31.5 Å². The zero-order valence-electron chi connectivity index (χ0n) is 19.9. The molecule has 36 heavy (non-hydrogen) atoms. The van der Waals surface area contributed by atoms with Crippen molar-refractivity contribution in [2.45, 2.75) is 11.8 Å². The Labute approximate surface area is 209 Å². The number of aryl methyl sites for hydroxylation is 1. The minimum Gasteiger partial charge on any atom is -0.493 e. The second kappa shape index (κ2) is 10.8.